The Morgan fingerprint density at radius 2 is 1.97 bits per heavy atom. The first-order valence-corrected chi connectivity index (χ1v) is 10.2. The highest BCUT2D eigenvalue weighted by Gasteiger charge is 2.24. The van der Waals surface area contributed by atoms with Crippen LogP contribution in [0.1, 0.15) is 58.6 Å². The van der Waals surface area contributed by atoms with Crippen LogP contribution in [0.3, 0.4) is 0 Å². The van der Waals surface area contributed by atoms with E-state index in [1.54, 1.807) is 6.20 Å². The number of aliphatic imine (C=N–C) groups is 1. The predicted molar refractivity (Wildman–Crippen MR) is 117 cm³/mol. The number of Topliss-reactive ketones (excluding diaryl/α,β-unsaturated/α-hetero) is 1. The van der Waals surface area contributed by atoms with Crippen LogP contribution in [0.25, 0.3) is 0 Å². The number of carbonyl (C=O) groups excluding carboxylic acids is 1. The molecule has 0 spiro atoms. The second-order valence-electron chi connectivity index (χ2n) is 7.83. The number of ketones is 1. The van der Waals surface area contributed by atoms with Gasteiger partial charge >= 0.3 is 0 Å². The van der Waals surface area contributed by atoms with Gasteiger partial charge < -0.3 is 5.11 Å². The molecule has 1 aliphatic heterocycles. The topological polar surface area (TPSA) is 75.4 Å². The Bertz CT molecular complexity index is 1110. The molecule has 0 radical (unpaired) electrons. The molecular formula is C25H25N3O2. The van der Waals surface area contributed by atoms with Gasteiger partial charge in [-0.1, -0.05) is 37.3 Å². The summed E-state index contributed by atoms with van der Waals surface area (Å²) in [6.45, 7) is 4.35. The van der Waals surface area contributed by atoms with Gasteiger partial charge in [-0.25, -0.2) is 0 Å². The summed E-state index contributed by atoms with van der Waals surface area (Å²) >= 11 is 0. The number of carbonyl (C=O) groups is 1. The van der Waals surface area contributed by atoms with E-state index in [2.05, 4.69) is 34.0 Å². The van der Waals surface area contributed by atoms with E-state index in [1.807, 2.05) is 43.3 Å². The Balaban J connectivity index is 1.54. The molecule has 0 saturated heterocycles. The monoisotopic (exact) mass is 399 g/mol. The lowest BCUT2D eigenvalue weighted by atomic mass is 9.93. The Morgan fingerprint density at radius 1 is 1.17 bits per heavy atom. The number of hydrogen-bond acceptors (Lipinski definition) is 5. The van der Waals surface area contributed by atoms with Gasteiger partial charge in [0, 0.05) is 41.6 Å². The Kier molecular flexibility index (Phi) is 5.81. The molecule has 3 aromatic rings. The average Bonchev–Trinajstić information content (AvgIpc) is 3.17. The van der Waals surface area contributed by atoms with Gasteiger partial charge in [-0.05, 0) is 42.2 Å². The number of aliphatic hydroxyl groups excluding tert-OH is 1. The lowest BCUT2D eigenvalue weighted by Gasteiger charge is -2.13. The Hall–Kier alpha value is -3.18. The molecule has 5 nitrogen and oxygen atoms in total. The summed E-state index contributed by atoms with van der Waals surface area (Å²) in [6.07, 6.45) is 2.49. The summed E-state index contributed by atoms with van der Waals surface area (Å²) in [6, 6.07) is 15.9. The van der Waals surface area contributed by atoms with Gasteiger partial charge in [0.2, 0.25) is 0 Å². The summed E-state index contributed by atoms with van der Waals surface area (Å²) < 4.78 is 0. The maximum absolute atomic E-state index is 12.7. The van der Waals surface area contributed by atoms with E-state index in [0.717, 1.165) is 33.7 Å². The van der Waals surface area contributed by atoms with E-state index in [4.69, 9.17) is 0 Å². The third-order valence-corrected chi connectivity index (χ3v) is 5.47. The first-order valence-electron chi connectivity index (χ1n) is 10.2. The fourth-order valence-electron chi connectivity index (χ4n) is 4.03. The van der Waals surface area contributed by atoms with Gasteiger partial charge in [-0.3, -0.25) is 19.8 Å². The molecule has 2 aromatic heterocycles. The van der Waals surface area contributed by atoms with Crippen molar-refractivity contribution in [3.05, 3.63) is 94.1 Å². The Morgan fingerprint density at radius 3 is 2.70 bits per heavy atom. The van der Waals surface area contributed by atoms with Crippen molar-refractivity contribution in [3.8, 4) is 0 Å². The number of aliphatic hydroxyl groups is 1. The van der Waals surface area contributed by atoms with Crippen molar-refractivity contribution in [2.45, 2.75) is 45.8 Å². The quantitative estimate of drug-likeness (QED) is 0.653. The highest BCUT2D eigenvalue weighted by Crippen LogP contribution is 2.27. The molecule has 1 atom stereocenters. The van der Waals surface area contributed by atoms with Crippen molar-refractivity contribution in [1.29, 1.82) is 0 Å². The lowest BCUT2D eigenvalue weighted by Crippen LogP contribution is -2.13. The Labute approximate surface area is 176 Å². The minimum absolute atomic E-state index is 0.145. The zero-order chi connectivity index (χ0) is 21.1. The van der Waals surface area contributed by atoms with Crippen molar-refractivity contribution >= 4 is 11.5 Å². The summed E-state index contributed by atoms with van der Waals surface area (Å²) in [5.41, 5.74) is 7.06. The van der Waals surface area contributed by atoms with Gasteiger partial charge in [-0.15, -0.1) is 0 Å². The van der Waals surface area contributed by atoms with Crippen molar-refractivity contribution in [2.75, 3.05) is 0 Å². The fraction of sp³-hybridized carbons (Fsp3) is 0.280. The molecule has 1 aromatic carbocycles. The first-order chi connectivity index (χ1) is 14.5. The number of hydrogen-bond donors (Lipinski definition) is 1. The van der Waals surface area contributed by atoms with Crippen LogP contribution in [-0.2, 0) is 24.4 Å². The van der Waals surface area contributed by atoms with Crippen LogP contribution in [0.5, 0.6) is 0 Å². The minimum Gasteiger partial charge on any atom is -0.390 e. The number of benzene rings is 1. The summed E-state index contributed by atoms with van der Waals surface area (Å²) in [7, 11) is 0. The van der Waals surface area contributed by atoms with Crippen LogP contribution in [0.4, 0.5) is 0 Å². The van der Waals surface area contributed by atoms with Crippen LogP contribution in [-0.4, -0.2) is 26.6 Å². The van der Waals surface area contributed by atoms with Crippen molar-refractivity contribution in [2.24, 2.45) is 4.99 Å². The fourth-order valence-corrected chi connectivity index (χ4v) is 4.03. The van der Waals surface area contributed by atoms with Crippen LogP contribution in [0, 0.1) is 6.92 Å². The zero-order valence-electron chi connectivity index (χ0n) is 17.3. The van der Waals surface area contributed by atoms with E-state index in [-0.39, 0.29) is 24.7 Å². The highest BCUT2D eigenvalue weighted by molar-refractivity contribution is 6.15. The number of pyridine rings is 2. The molecular weight excluding hydrogens is 374 g/mol. The summed E-state index contributed by atoms with van der Waals surface area (Å²) in [5, 5.41) is 9.96. The molecule has 1 aliphatic rings. The van der Waals surface area contributed by atoms with E-state index in [0.29, 0.717) is 24.4 Å². The molecule has 4 rings (SSSR count). The molecule has 0 bridgehead atoms. The maximum Gasteiger partial charge on any atom is 0.139 e. The predicted octanol–water partition coefficient (Wildman–Crippen LogP) is 3.93. The molecule has 30 heavy (non-hydrogen) atoms. The molecule has 152 valence electrons. The number of aryl methyl sites for hydroxylation is 1. The van der Waals surface area contributed by atoms with E-state index in [1.165, 1.54) is 0 Å². The average molecular weight is 399 g/mol. The third kappa shape index (κ3) is 4.21. The normalized spacial score (nSPS) is 13.6. The minimum atomic E-state index is -0.187. The standard InChI is InChI=1S/C25H25N3O2/c1-16(18-6-4-3-5-7-18)10-22(30)13-21-12-20-14-27-25(24(20)23(15-29)28-21)19-8-9-26-17(2)11-19/h3-9,11-12,16,29H,10,13-15H2,1-2H3/t16-/m0/s1. The number of nitrogens with zero attached hydrogens (tertiary/aromatic N) is 3. The molecule has 0 fully saturated rings. The van der Waals surface area contributed by atoms with Crippen molar-refractivity contribution in [1.82, 2.24) is 9.97 Å². The van der Waals surface area contributed by atoms with Crippen LogP contribution < -0.4 is 0 Å². The molecule has 1 N–H and O–H groups in total. The molecule has 0 amide bonds. The van der Waals surface area contributed by atoms with E-state index < -0.39 is 0 Å². The van der Waals surface area contributed by atoms with Crippen LogP contribution in [0.15, 0.2) is 59.7 Å². The number of fused-ring (bicyclic) bond motifs is 1. The summed E-state index contributed by atoms with van der Waals surface area (Å²) in [4.78, 5) is 26.2. The molecule has 0 saturated carbocycles. The molecule has 3 heterocycles. The van der Waals surface area contributed by atoms with Gasteiger partial charge in [0.05, 0.1) is 24.6 Å². The van der Waals surface area contributed by atoms with Crippen LogP contribution >= 0.6 is 0 Å². The van der Waals surface area contributed by atoms with Crippen LogP contribution in [0.2, 0.25) is 0 Å². The molecule has 5 heteroatoms. The van der Waals surface area contributed by atoms with Gasteiger partial charge in [0.15, 0.2) is 0 Å². The SMILES string of the molecule is Cc1cc(C2=NCc3cc(CC(=O)C[C@H](C)c4ccccc4)nc(CO)c32)ccn1. The van der Waals surface area contributed by atoms with Crippen molar-refractivity contribution in [3.63, 3.8) is 0 Å². The second-order valence-corrected chi connectivity index (χ2v) is 7.83. The van der Waals surface area contributed by atoms with Gasteiger partial charge in [0.25, 0.3) is 0 Å². The maximum atomic E-state index is 12.7. The molecule has 0 aliphatic carbocycles. The van der Waals surface area contributed by atoms with Gasteiger partial charge in [0.1, 0.15) is 5.78 Å². The second kappa shape index (κ2) is 8.67. The third-order valence-electron chi connectivity index (χ3n) is 5.47. The number of aromatic nitrogens is 2. The first kappa shape index (κ1) is 20.1. The summed E-state index contributed by atoms with van der Waals surface area (Å²) in [5.74, 6) is 0.307. The van der Waals surface area contributed by atoms with Gasteiger partial charge in [-0.2, -0.15) is 0 Å². The lowest BCUT2D eigenvalue weighted by molar-refractivity contribution is -0.118. The number of rotatable bonds is 7. The van der Waals surface area contributed by atoms with Crippen molar-refractivity contribution < 1.29 is 9.90 Å². The van der Waals surface area contributed by atoms with E-state index in [9.17, 15) is 9.90 Å². The zero-order valence-corrected chi connectivity index (χ0v) is 17.3. The van der Waals surface area contributed by atoms with E-state index >= 15 is 0 Å². The smallest absolute Gasteiger partial charge is 0.139 e. The largest absolute Gasteiger partial charge is 0.390 e. The highest BCUT2D eigenvalue weighted by atomic mass is 16.3. The molecule has 0 unspecified atom stereocenters.